The first-order chi connectivity index (χ1) is 8.70. The van der Waals surface area contributed by atoms with E-state index < -0.39 is 5.97 Å². The van der Waals surface area contributed by atoms with E-state index in [4.69, 9.17) is 5.11 Å². The maximum atomic E-state index is 10.9. The fraction of sp³-hybridized carbons (Fsp3) is 0.533. The van der Waals surface area contributed by atoms with Crippen LogP contribution in [0, 0.1) is 0 Å². The Kier molecular flexibility index (Phi) is 4.37. The molecule has 1 saturated carbocycles. The summed E-state index contributed by atoms with van der Waals surface area (Å²) in [6.45, 7) is 3.81. The first-order valence-corrected chi connectivity index (χ1v) is 6.72. The lowest BCUT2D eigenvalue weighted by atomic mass is 10.0. The molecule has 2 rings (SSSR count). The average Bonchev–Trinajstić information content (AvgIpc) is 3.13. The van der Waals surface area contributed by atoms with Gasteiger partial charge in [0.15, 0.2) is 0 Å². The molecule has 0 spiro atoms. The Hall–Kier alpha value is -1.35. The van der Waals surface area contributed by atoms with Crippen LogP contribution in [0.15, 0.2) is 24.3 Å². The van der Waals surface area contributed by atoms with Crippen LogP contribution in [0.4, 0.5) is 0 Å². The van der Waals surface area contributed by atoms with Gasteiger partial charge in [-0.2, -0.15) is 0 Å². The van der Waals surface area contributed by atoms with E-state index in [9.17, 15) is 4.79 Å². The van der Waals surface area contributed by atoms with Crippen molar-refractivity contribution in [3.8, 4) is 0 Å². The normalized spacial score (nSPS) is 15.0. The van der Waals surface area contributed by atoms with E-state index >= 15 is 0 Å². The smallest absolute Gasteiger partial charge is 0.317 e. The predicted molar refractivity (Wildman–Crippen MR) is 71.6 cm³/mol. The predicted octanol–water partition coefficient (Wildman–Crippen LogP) is 2.86. The summed E-state index contributed by atoms with van der Waals surface area (Å²) in [5.74, 6) is -0.0261. The van der Waals surface area contributed by atoms with Crippen molar-refractivity contribution in [2.24, 2.45) is 0 Å². The quantitative estimate of drug-likeness (QED) is 0.805. The molecule has 0 saturated heterocycles. The van der Waals surface area contributed by atoms with Crippen molar-refractivity contribution in [3.63, 3.8) is 0 Å². The monoisotopic (exact) mass is 247 g/mol. The summed E-state index contributed by atoms with van der Waals surface area (Å²) < 4.78 is 0. The number of nitrogens with zero attached hydrogens (tertiary/aromatic N) is 1. The van der Waals surface area contributed by atoms with Crippen LogP contribution in [-0.4, -0.2) is 29.1 Å². The molecule has 1 aromatic carbocycles. The Morgan fingerprint density at radius 3 is 2.72 bits per heavy atom. The summed E-state index contributed by atoms with van der Waals surface area (Å²) in [6.07, 6.45) is 3.55. The largest absolute Gasteiger partial charge is 0.480 e. The highest BCUT2D eigenvalue weighted by atomic mass is 16.4. The lowest BCUT2D eigenvalue weighted by Crippen LogP contribution is -2.30. The van der Waals surface area contributed by atoms with Gasteiger partial charge in [-0.15, -0.1) is 0 Å². The van der Waals surface area contributed by atoms with Gasteiger partial charge in [-0.05, 0) is 42.9 Å². The molecular formula is C15H21NO2. The zero-order chi connectivity index (χ0) is 13.0. The summed E-state index contributed by atoms with van der Waals surface area (Å²) in [5, 5.41) is 8.94. The van der Waals surface area contributed by atoms with E-state index in [2.05, 4.69) is 25.1 Å². The van der Waals surface area contributed by atoms with E-state index in [0.717, 1.165) is 25.4 Å². The van der Waals surface area contributed by atoms with Gasteiger partial charge in [0.2, 0.25) is 0 Å². The highest BCUT2D eigenvalue weighted by Crippen LogP contribution is 2.41. The van der Waals surface area contributed by atoms with E-state index in [1.54, 1.807) is 0 Å². The Labute approximate surface area is 108 Å². The van der Waals surface area contributed by atoms with E-state index in [-0.39, 0.29) is 6.54 Å². The Morgan fingerprint density at radius 1 is 1.39 bits per heavy atom. The zero-order valence-corrected chi connectivity index (χ0v) is 10.9. The van der Waals surface area contributed by atoms with E-state index in [1.165, 1.54) is 24.0 Å². The lowest BCUT2D eigenvalue weighted by Gasteiger charge is -2.21. The molecular weight excluding hydrogens is 226 g/mol. The van der Waals surface area contributed by atoms with Crippen LogP contribution >= 0.6 is 0 Å². The molecule has 0 amide bonds. The molecule has 0 atom stereocenters. The van der Waals surface area contributed by atoms with Crippen molar-refractivity contribution < 1.29 is 9.90 Å². The van der Waals surface area contributed by atoms with Crippen molar-refractivity contribution >= 4 is 5.97 Å². The van der Waals surface area contributed by atoms with Gasteiger partial charge in [-0.3, -0.25) is 9.69 Å². The van der Waals surface area contributed by atoms with Gasteiger partial charge in [-0.1, -0.05) is 31.2 Å². The number of aliphatic carboxylic acids is 1. The van der Waals surface area contributed by atoms with Gasteiger partial charge < -0.3 is 5.11 Å². The van der Waals surface area contributed by atoms with Crippen LogP contribution in [0.3, 0.4) is 0 Å². The highest BCUT2D eigenvalue weighted by molar-refractivity contribution is 5.69. The molecule has 1 aliphatic carbocycles. The number of carboxylic acids is 1. The SMILES string of the molecule is CCCN(CC(=O)O)Cc1ccccc1C1CC1. The minimum Gasteiger partial charge on any atom is -0.480 e. The van der Waals surface area contributed by atoms with Gasteiger partial charge >= 0.3 is 5.97 Å². The molecule has 3 nitrogen and oxygen atoms in total. The third kappa shape index (κ3) is 3.57. The maximum absolute atomic E-state index is 10.9. The second kappa shape index (κ2) is 6.01. The summed E-state index contributed by atoms with van der Waals surface area (Å²) >= 11 is 0. The van der Waals surface area contributed by atoms with Crippen molar-refractivity contribution in [1.82, 2.24) is 4.90 Å². The molecule has 1 aliphatic rings. The molecule has 0 radical (unpaired) electrons. The second-order valence-electron chi connectivity index (χ2n) is 5.08. The molecule has 1 aromatic rings. The fourth-order valence-corrected chi connectivity index (χ4v) is 2.43. The van der Waals surface area contributed by atoms with Crippen molar-refractivity contribution in [2.75, 3.05) is 13.1 Å². The summed E-state index contributed by atoms with van der Waals surface area (Å²) in [5.41, 5.74) is 2.72. The highest BCUT2D eigenvalue weighted by Gasteiger charge is 2.26. The lowest BCUT2D eigenvalue weighted by molar-refractivity contribution is -0.138. The fourth-order valence-electron chi connectivity index (χ4n) is 2.43. The Bertz CT molecular complexity index is 413. The van der Waals surface area contributed by atoms with E-state index in [0.29, 0.717) is 0 Å². The number of rotatable bonds is 7. The average molecular weight is 247 g/mol. The van der Waals surface area contributed by atoms with Crippen molar-refractivity contribution in [2.45, 2.75) is 38.6 Å². The molecule has 3 heteroatoms. The summed E-state index contributed by atoms with van der Waals surface area (Å²) in [6, 6.07) is 8.46. The van der Waals surface area contributed by atoms with Gasteiger partial charge in [0.05, 0.1) is 6.54 Å². The maximum Gasteiger partial charge on any atom is 0.317 e. The van der Waals surface area contributed by atoms with E-state index in [1.807, 2.05) is 11.0 Å². The molecule has 0 aliphatic heterocycles. The Morgan fingerprint density at radius 2 is 2.11 bits per heavy atom. The van der Waals surface area contributed by atoms with Crippen LogP contribution < -0.4 is 0 Å². The van der Waals surface area contributed by atoms with Crippen molar-refractivity contribution in [3.05, 3.63) is 35.4 Å². The minimum absolute atomic E-state index is 0.132. The first kappa shape index (κ1) is 13.1. The molecule has 0 bridgehead atoms. The first-order valence-electron chi connectivity index (χ1n) is 6.72. The third-order valence-corrected chi connectivity index (χ3v) is 3.36. The number of hydrogen-bond acceptors (Lipinski definition) is 2. The van der Waals surface area contributed by atoms with Crippen LogP contribution in [0.5, 0.6) is 0 Å². The standard InChI is InChI=1S/C15H21NO2/c1-2-9-16(11-15(17)18)10-13-5-3-4-6-14(13)12-7-8-12/h3-6,12H,2,7-11H2,1H3,(H,17,18). The van der Waals surface area contributed by atoms with Gasteiger partial charge in [0.1, 0.15) is 0 Å². The van der Waals surface area contributed by atoms with Crippen LogP contribution in [0.2, 0.25) is 0 Å². The summed E-state index contributed by atoms with van der Waals surface area (Å²) in [7, 11) is 0. The minimum atomic E-state index is -0.743. The van der Waals surface area contributed by atoms with Crippen LogP contribution in [0.1, 0.15) is 43.2 Å². The number of benzene rings is 1. The van der Waals surface area contributed by atoms with Crippen LogP contribution in [-0.2, 0) is 11.3 Å². The molecule has 1 fully saturated rings. The molecule has 98 valence electrons. The number of hydrogen-bond donors (Lipinski definition) is 1. The van der Waals surface area contributed by atoms with Crippen LogP contribution in [0.25, 0.3) is 0 Å². The van der Waals surface area contributed by atoms with Gasteiger partial charge in [0.25, 0.3) is 0 Å². The number of carboxylic acid groups (broad SMARTS) is 1. The molecule has 0 aromatic heterocycles. The second-order valence-corrected chi connectivity index (χ2v) is 5.08. The van der Waals surface area contributed by atoms with Gasteiger partial charge in [0, 0.05) is 6.54 Å². The third-order valence-electron chi connectivity index (χ3n) is 3.36. The topological polar surface area (TPSA) is 40.5 Å². The molecule has 18 heavy (non-hydrogen) atoms. The zero-order valence-electron chi connectivity index (χ0n) is 10.9. The molecule has 0 heterocycles. The molecule has 1 N–H and O–H groups in total. The van der Waals surface area contributed by atoms with Crippen molar-refractivity contribution in [1.29, 1.82) is 0 Å². The summed E-state index contributed by atoms with van der Waals surface area (Å²) in [4.78, 5) is 12.9. The number of carbonyl (C=O) groups is 1. The Balaban J connectivity index is 2.07. The van der Waals surface area contributed by atoms with Gasteiger partial charge in [-0.25, -0.2) is 0 Å². The molecule has 0 unspecified atom stereocenters.